The van der Waals surface area contributed by atoms with E-state index in [0.717, 1.165) is 0 Å². The minimum atomic E-state index is -1.21. The quantitative estimate of drug-likeness (QED) is 0.0490. The smallest absolute Gasteiger partial charge is 0.326 e. The third kappa shape index (κ3) is 12.3. The summed E-state index contributed by atoms with van der Waals surface area (Å²) in [5.41, 5.74) is 16.2. The average molecular weight is 522 g/mol. The number of carboxylic acids is 1. The number of hydrogen-bond acceptors (Lipinski definition) is 8. The van der Waals surface area contributed by atoms with Crippen LogP contribution in [0.15, 0.2) is 4.99 Å². The molecule has 12 nitrogen and oxygen atoms in total. The second-order valence-corrected chi connectivity index (χ2v) is 9.20. The SMILES string of the molecule is CCC(C)C(NC(=O)C(N)CS)C(=O)NC(CCSC)C(=O)NC(CCCN=C(N)N)C(=O)O. The van der Waals surface area contributed by atoms with Crippen LogP contribution >= 0.6 is 24.4 Å². The van der Waals surface area contributed by atoms with Crippen molar-refractivity contribution in [1.29, 1.82) is 0 Å². The number of nitrogens with two attached hydrogens (primary N) is 3. The van der Waals surface area contributed by atoms with Gasteiger partial charge in [-0.2, -0.15) is 24.4 Å². The Morgan fingerprint density at radius 3 is 2.15 bits per heavy atom. The third-order valence-corrected chi connectivity index (χ3v) is 6.17. The highest BCUT2D eigenvalue weighted by Crippen LogP contribution is 2.11. The van der Waals surface area contributed by atoms with Crippen molar-refractivity contribution in [3.63, 3.8) is 0 Å². The van der Waals surface area contributed by atoms with Gasteiger partial charge in [0.25, 0.3) is 0 Å². The van der Waals surface area contributed by atoms with Crippen LogP contribution in [0.3, 0.4) is 0 Å². The molecule has 0 heterocycles. The fourth-order valence-electron chi connectivity index (χ4n) is 2.84. The molecule has 0 fully saturated rings. The number of aliphatic carboxylic acids is 1. The van der Waals surface area contributed by atoms with Crippen molar-refractivity contribution < 1.29 is 24.3 Å². The van der Waals surface area contributed by atoms with Gasteiger partial charge in [-0.25, -0.2) is 4.79 Å². The van der Waals surface area contributed by atoms with Crippen molar-refractivity contribution in [3.8, 4) is 0 Å². The molecule has 0 aromatic carbocycles. The molecule has 5 atom stereocenters. The van der Waals surface area contributed by atoms with Gasteiger partial charge in [0, 0.05) is 12.3 Å². The van der Waals surface area contributed by atoms with Crippen LogP contribution in [-0.2, 0) is 19.2 Å². The summed E-state index contributed by atoms with van der Waals surface area (Å²) in [4.78, 5) is 53.6. The normalized spacial score (nSPS) is 15.2. The molecular formula is C20H39N7O5S2. The van der Waals surface area contributed by atoms with Crippen LogP contribution in [0.4, 0.5) is 0 Å². The predicted molar refractivity (Wildman–Crippen MR) is 138 cm³/mol. The maximum absolute atomic E-state index is 13.0. The van der Waals surface area contributed by atoms with E-state index in [4.69, 9.17) is 17.2 Å². The fraction of sp³-hybridized carbons (Fsp3) is 0.750. The van der Waals surface area contributed by atoms with Crippen molar-refractivity contribution in [2.45, 2.75) is 63.7 Å². The van der Waals surface area contributed by atoms with Gasteiger partial charge >= 0.3 is 5.97 Å². The van der Waals surface area contributed by atoms with Gasteiger partial charge in [0.1, 0.15) is 18.1 Å². The molecule has 0 aliphatic heterocycles. The Morgan fingerprint density at radius 2 is 1.65 bits per heavy atom. The third-order valence-electron chi connectivity index (χ3n) is 5.13. The predicted octanol–water partition coefficient (Wildman–Crippen LogP) is -1.36. The molecule has 0 aliphatic rings. The van der Waals surface area contributed by atoms with Crippen LogP contribution in [0.25, 0.3) is 0 Å². The monoisotopic (exact) mass is 521 g/mol. The summed E-state index contributed by atoms with van der Waals surface area (Å²) in [7, 11) is 0. The van der Waals surface area contributed by atoms with Gasteiger partial charge in [-0.1, -0.05) is 20.3 Å². The van der Waals surface area contributed by atoms with Crippen LogP contribution in [0.2, 0.25) is 0 Å². The highest BCUT2D eigenvalue weighted by atomic mass is 32.2. The first-order valence-corrected chi connectivity index (χ1v) is 13.1. The molecule has 0 rings (SSSR count). The Labute approximate surface area is 210 Å². The number of nitrogens with zero attached hydrogens (tertiary/aromatic N) is 1. The van der Waals surface area contributed by atoms with Crippen molar-refractivity contribution in [3.05, 3.63) is 0 Å². The Kier molecular flexibility index (Phi) is 16.2. The molecule has 34 heavy (non-hydrogen) atoms. The lowest BCUT2D eigenvalue weighted by Gasteiger charge is -2.27. The number of rotatable bonds is 17. The Balaban J connectivity index is 5.41. The van der Waals surface area contributed by atoms with Gasteiger partial charge in [0.05, 0.1) is 6.04 Å². The Morgan fingerprint density at radius 1 is 1.03 bits per heavy atom. The van der Waals surface area contributed by atoms with Crippen LogP contribution in [0, 0.1) is 5.92 Å². The molecular weight excluding hydrogens is 482 g/mol. The van der Waals surface area contributed by atoms with Crippen molar-refractivity contribution in [1.82, 2.24) is 16.0 Å². The number of aliphatic imine (C=N–C) groups is 1. The lowest BCUT2D eigenvalue weighted by Crippen LogP contribution is -2.58. The second kappa shape index (κ2) is 17.3. The minimum Gasteiger partial charge on any atom is -0.480 e. The molecule has 14 heteroatoms. The number of carbonyl (C=O) groups excluding carboxylic acids is 3. The summed E-state index contributed by atoms with van der Waals surface area (Å²) in [5, 5.41) is 17.3. The summed E-state index contributed by atoms with van der Waals surface area (Å²) in [6.07, 6.45) is 3.16. The van der Waals surface area contributed by atoms with E-state index in [1.54, 1.807) is 6.92 Å². The minimum absolute atomic E-state index is 0.103. The molecule has 10 N–H and O–H groups in total. The summed E-state index contributed by atoms with van der Waals surface area (Å²) in [6, 6.07) is -3.95. The topological polar surface area (TPSA) is 215 Å². The van der Waals surface area contributed by atoms with Crippen LogP contribution in [0.5, 0.6) is 0 Å². The number of hydrogen-bond donors (Lipinski definition) is 8. The summed E-state index contributed by atoms with van der Waals surface area (Å²) < 4.78 is 0. The zero-order valence-corrected chi connectivity index (χ0v) is 21.7. The molecule has 3 amide bonds. The van der Waals surface area contributed by atoms with Gasteiger partial charge in [-0.15, -0.1) is 0 Å². The lowest BCUT2D eigenvalue weighted by molar-refractivity contribution is -0.142. The zero-order valence-electron chi connectivity index (χ0n) is 20.0. The molecule has 0 spiro atoms. The molecule has 196 valence electrons. The molecule has 0 radical (unpaired) electrons. The molecule has 0 saturated carbocycles. The fourth-order valence-corrected chi connectivity index (χ4v) is 3.48. The summed E-state index contributed by atoms with van der Waals surface area (Å²) in [6.45, 7) is 3.89. The first kappa shape index (κ1) is 31.8. The Hall–Kier alpha value is -2.19. The lowest BCUT2D eigenvalue weighted by atomic mass is 9.97. The van der Waals surface area contributed by atoms with Crippen molar-refractivity contribution in [2.24, 2.45) is 28.1 Å². The van der Waals surface area contributed by atoms with Crippen LogP contribution in [0.1, 0.15) is 39.5 Å². The van der Waals surface area contributed by atoms with Gasteiger partial charge in [-0.3, -0.25) is 19.4 Å². The van der Waals surface area contributed by atoms with Gasteiger partial charge < -0.3 is 38.3 Å². The van der Waals surface area contributed by atoms with E-state index in [9.17, 15) is 24.3 Å². The first-order chi connectivity index (χ1) is 16.0. The maximum Gasteiger partial charge on any atom is 0.326 e. The van der Waals surface area contributed by atoms with E-state index in [1.807, 2.05) is 13.2 Å². The molecule has 0 aromatic heterocycles. The number of thiol groups is 1. The number of nitrogens with one attached hydrogen (secondary N) is 3. The van der Waals surface area contributed by atoms with E-state index < -0.39 is 47.9 Å². The summed E-state index contributed by atoms with van der Waals surface area (Å²) >= 11 is 5.48. The number of carboxylic acid groups (broad SMARTS) is 1. The number of amides is 3. The summed E-state index contributed by atoms with van der Waals surface area (Å²) in [5.74, 6) is -2.58. The molecule has 0 bridgehead atoms. The molecule has 0 aromatic rings. The van der Waals surface area contributed by atoms with Crippen LogP contribution < -0.4 is 33.2 Å². The highest BCUT2D eigenvalue weighted by molar-refractivity contribution is 7.98. The highest BCUT2D eigenvalue weighted by Gasteiger charge is 2.32. The molecule has 0 saturated heterocycles. The van der Waals surface area contributed by atoms with E-state index >= 15 is 0 Å². The zero-order chi connectivity index (χ0) is 26.3. The van der Waals surface area contributed by atoms with E-state index in [0.29, 0.717) is 18.6 Å². The standard InChI is InChI=1S/C20H39N7O5S2/c1-4-11(2)15(27-16(28)12(21)10-33)18(30)25-13(7-9-34-3)17(29)26-14(19(31)32)6-5-8-24-20(22)23/h11-15,33H,4-10,21H2,1-3H3,(H,25,30)(H,26,29)(H,27,28)(H,31,32)(H4,22,23,24). The second-order valence-electron chi connectivity index (χ2n) is 7.85. The van der Waals surface area contributed by atoms with Crippen molar-refractivity contribution in [2.75, 3.05) is 24.3 Å². The largest absolute Gasteiger partial charge is 0.480 e. The Bertz CT molecular complexity index is 707. The molecule has 0 aliphatic carbocycles. The number of guanidine groups is 1. The number of thioether (sulfide) groups is 1. The first-order valence-electron chi connectivity index (χ1n) is 11.0. The van der Waals surface area contributed by atoms with E-state index in [-0.39, 0.29) is 37.0 Å². The van der Waals surface area contributed by atoms with Gasteiger partial charge in [-0.05, 0) is 37.2 Å². The van der Waals surface area contributed by atoms with Gasteiger partial charge in [0.15, 0.2) is 5.96 Å². The maximum atomic E-state index is 13.0. The van der Waals surface area contributed by atoms with E-state index in [1.165, 1.54) is 11.8 Å². The van der Waals surface area contributed by atoms with Gasteiger partial charge in [0.2, 0.25) is 17.7 Å². The number of carbonyl (C=O) groups is 4. The molecule has 5 unspecified atom stereocenters. The van der Waals surface area contributed by atoms with Crippen LogP contribution in [-0.4, -0.2) is 83.2 Å². The average Bonchev–Trinajstić information content (AvgIpc) is 2.79. The van der Waals surface area contributed by atoms with Crippen molar-refractivity contribution >= 4 is 54.0 Å². The van der Waals surface area contributed by atoms with E-state index in [2.05, 4.69) is 33.6 Å².